The minimum absolute atomic E-state index is 0.221. The average molecular weight is 251 g/mol. The minimum atomic E-state index is -0.344. The summed E-state index contributed by atoms with van der Waals surface area (Å²) in [6.45, 7) is 2.83. The number of rotatable bonds is 4. The minimum Gasteiger partial charge on any atom is -0.492 e. The number of morpholine rings is 1. The molecule has 5 heteroatoms. The summed E-state index contributed by atoms with van der Waals surface area (Å²) in [5.74, 6) is 0.388. The average Bonchev–Trinajstić information content (AvgIpc) is 2.46. The van der Waals surface area contributed by atoms with Crippen LogP contribution in [0.2, 0.25) is 0 Å². The number of methoxy groups -OCH3 is 1. The second-order valence-corrected chi connectivity index (χ2v) is 4.05. The zero-order valence-electron chi connectivity index (χ0n) is 10.3. The molecule has 1 heterocycles. The van der Waals surface area contributed by atoms with Gasteiger partial charge >= 0.3 is 5.97 Å². The second-order valence-electron chi connectivity index (χ2n) is 4.05. The molecule has 0 aromatic heterocycles. The summed E-state index contributed by atoms with van der Waals surface area (Å²) in [4.78, 5) is 11.2. The van der Waals surface area contributed by atoms with Crippen molar-refractivity contribution in [1.82, 2.24) is 5.32 Å². The molecule has 1 saturated heterocycles. The molecule has 1 N–H and O–H groups in total. The third kappa shape index (κ3) is 3.45. The van der Waals surface area contributed by atoms with E-state index in [-0.39, 0.29) is 12.0 Å². The summed E-state index contributed by atoms with van der Waals surface area (Å²) >= 11 is 0. The summed E-state index contributed by atoms with van der Waals surface area (Å²) in [6, 6.07) is 7.11. The van der Waals surface area contributed by atoms with Crippen LogP contribution in [0.25, 0.3) is 0 Å². The van der Waals surface area contributed by atoms with Gasteiger partial charge in [-0.2, -0.15) is 0 Å². The molecule has 1 fully saturated rings. The van der Waals surface area contributed by atoms with Crippen molar-refractivity contribution >= 4 is 5.97 Å². The third-order valence-electron chi connectivity index (χ3n) is 2.73. The topological polar surface area (TPSA) is 56.8 Å². The number of nitrogens with one attached hydrogen (secondary N) is 1. The number of carbonyl (C=O) groups excluding carboxylic acids is 1. The zero-order valence-corrected chi connectivity index (χ0v) is 10.3. The molecule has 18 heavy (non-hydrogen) atoms. The highest BCUT2D eigenvalue weighted by atomic mass is 16.5. The summed E-state index contributed by atoms with van der Waals surface area (Å²) in [6.07, 6.45) is 0. The van der Waals surface area contributed by atoms with Gasteiger partial charge in [0.25, 0.3) is 0 Å². The van der Waals surface area contributed by atoms with Crippen LogP contribution in [-0.2, 0) is 9.47 Å². The summed E-state index contributed by atoms with van der Waals surface area (Å²) in [7, 11) is 1.36. The standard InChI is InChI=1S/C13H17NO4/c1-16-13(15)10-2-4-12(5-3-10)18-9-11-8-17-7-6-14-11/h2-5,11,14H,6-9H2,1H3/t11-/m0/s1. The SMILES string of the molecule is COC(=O)c1ccc(OC[C@@H]2COCCN2)cc1. The van der Waals surface area contributed by atoms with Crippen molar-refractivity contribution in [3.63, 3.8) is 0 Å². The molecule has 0 radical (unpaired) electrons. The molecule has 2 rings (SSSR count). The van der Waals surface area contributed by atoms with Crippen molar-refractivity contribution in [2.75, 3.05) is 33.5 Å². The lowest BCUT2D eigenvalue weighted by atomic mass is 10.2. The first-order valence-electron chi connectivity index (χ1n) is 5.92. The largest absolute Gasteiger partial charge is 0.492 e. The Kier molecular flexibility index (Phi) is 4.55. The zero-order chi connectivity index (χ0) is 12.8. The van der Waals surface area contributed by atoms with Crippen LogP contribution >= 0.6 is 0 Å². The van der Waals surface area contributed by atoms with Crippen LogP contribution < -0.4 is 10.1 Å². The Morgan fingerprint density at radius 2 is 2.22 bits per heavy atom. The van der Waals surface area contributed by atoms with Gasteiger partial charge in [0.05, 0.1) is 31.9 Å². The van der Waals surface area contributed by atoms with Crippen LogP contribution in [-0.4, -0.2) is 45.5 Å². The molecule has 1 aliphatic rings. The summed E-state index contributed by atoms with van der Waals surface area (Å²) < 4.78 is 15.6. The Labute approximate surface area is 106 Å². The van der Waals surface area contributed by atoms with Gasteiger partial charge in [-0.3, -0.25) is 0 Å². The van der Waals surface area contributed by atoms with Gasteiger partial charge in [0.15, 0.2) is 0 Å². The molecule has 1 aliphatic heterocycles. The van der Waals surface area contributed by atoms with Gasteiger partial charge in [-0.1, -0.05) is 0 Å². The molecule has 1 aromatic carbocycles. The van der Waals surface area contributed by atoms with E-state index in [2.05, 4.69) is 10.1 Å². The number of hydrogen-bond donors (Lipinski definition) is 1. The van der Waals surface area contributed by atoms with Crippen LogP contribution in [0.3, 0.4) is 0 Å². The molecule has 1 aromatic rings. The number of ether oxygens (including phenoxy) is 3. The second kappa shape index (κ2) is 6.37. The van der Waals surface area contributed by atoms with Crippen LogP contribution in [0, 0.1) is 0 Å². The molecule has 5 nitrogen and oxygen atoms in total. The van der Waals surface area contributed by atoms with E-state index in [1.807, 2.05) is 0 Å². The van der Waals surface area contributed by atoms with E-state index in [1.165, 1.54) is 7.11 Å². The lowest BCUT2D eigenvalue weighted by molar-refractivity contribution is 0.0591. The molecule has 0 saturated carbocycles. The monoisotopic (exact) mass is 251 g/mol. The van der Waals surface area contributed by atoms with Crippen molar-refractivity contribution in [2.45, 2.75) is 6.04 Å². The van der Waals surface area contributed by atoms with E-state index in [0.29, 0.717) is 18.8 Å². The number of carbonyl (C=O) groups is 1. The highest BCUT2D eigenvalue weighted by Crippen LogP contribution is 2.13. The first-order chi connectivity index (χ1) is 8.79. The smallest absolute Gasteiger partial charge is 0.337 e. The fourth-order valence-corrected chi connectivity index (χ4v) is 1.73. The van der Waals surface area contributed by atoms with E-state index < -0.39 is 0 Å². The predicted molar refractivity (Wildman–Crippen MR) is 65.9 cm³/mol. The molecule has 0 bridgehead atoms. The van der Waals surface area contributed by atoms with Crippen molar-refractivity contribution < 1.29 is 19.0 Å². The van der Waals surface area contributed by atoms with Gasteiger partial charge in [-0.15, -0.1) is 0 Å². The van der Waals surface area contributed by atoms with Gasteiger partial charge < -0.3 is 19.5 Å². The van der Waals surface area contributed by atoms with Crippen molar-refractivity contribution in [2.24, 2.45) is 0 Å². The molecule has 0 unspecified atom stereocenters. The van der Waals surface area contributed by atoms with E-state index in [1.54, 1.807) is 24.3 Å². The Morgan fingerprint density at radius 1 is 1.44 bits per heavy atom. The maximum absolute atomic E-state index is 11.2. The first-order valence-corrected chi connectivity index (χ1v) is 5.92. The molecular weight excluding hydrogens is 234 g/mol. The van der Waals surface area contributed by atoms with Crippen molar-refractivity contribution in [1.29, 1.82) is 0 Å². The van der Waals surface area contributed by atoms with Crippen molar-refractivity contribution in [3.8, 4) is 5.75 Å². The first kappa shape index (κ1) is 12.9. The van der Waals surface area contributed by atoms with Gasteiger partial charge in [0.2, 0.25) is 0 Å². The van der Waals surface area contributed by atoms with Crippen molar-refractivity contribution in [3.05, 3.63) is 29.8 Å². The molecular formula is C13H17NO4. The fraction of sp³-hybridized carbons (Fsp3) is 0.462. The van der Waals surface area contributed by atoms with Crippen LogP contribution in [0.1, 0.15) is 10.4 Å². The van der Waals surface area contributed by atoms with Gasteiger partial charge in [0, 0.05) is 6.54 Å². The quantitative estimate of drug-likeness (QED) is 0.804. The van der Waals surface area contributed by atoms with Crippen LogP contribution in [0.5, 0.6) is 5.75 Å². The van der Waals surface area contributed by atoms with E-state index >= 15 is 0 Å². The number of benzene rings is 1. The van der Waals surface area contributed by atoms with E-state index in [0.717, 1.165) is 18.9 Å². The number of hydrogen-bond acceptors (Lipinski definition) is 5. The molecule has 1 atom stereocenters. The maximum Gasteiger partial charge on any atom is 0.337 e. The van der Waals surface area contributed by atoms with Gasteiger partial charge in [0.1, 0.15) is 12.4 Å². The lowest BCUT2D eigenvalue weighted by Crippen LogP contribution is -2.44. The lowest BCUT2D eigenvalue weighted by Gasteiger charge is -2.23. The molecule has 98 valence electrons. The maximum atomic E-state index is 11.2. The van der Waals surface area contributed by atoms with Crippen LogP contribution in [0.4, 0.5) is 0 Å². The molecule has 0 aliphatic carbocycles. The Balaban J connectivity index is 1.84. The van der Waals surface area contributed by atoms with E-state index in [4.69, 9.17) is 9.47 Å². The third-order valence-corrected chi connectivity index (χ3v) is 2.73. The fourth-order valence-electron chi connectivity index (χ4n) is 1.73. The van der Waals surface area contributed by atoms with Gasteiger partial charge in [-0.25, -0.2) is 4.79 Å². The van der Waals surface area contributed by atoms with Gasteiger partial charge in [-0.05, 0) is 24.3 Å². The highest BCUT2D eigenvalue weighted by molar-refractivity contribution is 5.89. The van der Waals surface area contributed by atoms with Crippen LogP contribution in [0.15, 0.2) is 24.3 Å². The van der Waals surface area contributed by atoms with E-state index in [9.17, 15) is 4.79 Å². The summed E-state index contributed by atoms with van der Waals surface area (Å²) in [5.41, 5.74) is 0.518. The highest BCUT2D eigenvalue weighted by Gasteiger charge is 2.13. The Morgan fingerprint density at radius 3 is 2.83 bits per heavy atom. The Hall–Kier alpha value is -1.59. The molecule has 0 spiro atoms. The Bertz CT molecular complexity index is 384. The summed E-state index contributed by atoms with van der Waals surface area (Å²) in [5, 5.41) is 3.30. The normalized spacial score (nSPS) is 19.3. The molecule has 0 amide bonds. The number of esters is 1. The predicted octanol–water partition coefficient (Wildman–Crippen LogP) is 0.840.